The minimum absolute atomic E-state index is 0.320. The van der Waals surface area contributed by atoms with Gasteiger partial charge in [-0.3, -0.25) is 9.59 Å². The van der Waals surface area contributed by atoms with Gasteiger partial charge in [-0.2, -0.15) is 0 Å². The molecule has 0 radical (unpaired) electrons. The van der Waals surface area contributed by atoms with Crippen molar-refractivity contribution in [3.8, 4) is 0 Å². The van der Waals surface area contributed by atoms with Gasteiger partial charge in [-0.1, -0.05) is 181 Å². The first-order valence-corrected chi connectivity index (χ1v) is 17.9. The van der Waals surface area contributed by atoms with E-state index in [2.05, 4.69) is 20.8 Å². The molecule has 0 spiro atoms. The standard InChI is InChI=1S/C36H70O3/c1-4-7-9-11-13-15-17-18-20-22-24-26-28-32-35(37)39-36(38)33-29-31-34(6-3)30-27-25-23-21-19-16-14-12-10-8-5-2/h34H,4-33H2,1-3H3. The quantitative estimate of drug-likeness (QED) is 0.0489. The molecule has 0 heterocycles. The third kappa shape index (κ3) is 29.9. The normalized spacial score (nSPS) is 12.1. The number of hydrogen-bond acceptors (Lipinski definition) is 3. The summed E-state index contributed by atoms with van der Waals surface area (Å²) in [6.45, 7) is 6.81. The Morgan fingerprint density at radius 3 is 1.10 bits per heavy atom. The van der Waals surface area contributed by atoms with E-state index >= 15 is 0 Å². The van der Waals surface area contributed by atoms with Crippen LogP contribution in [-0.2, 0) is 14.3 Å². The van der Waals surface area contributed by atoms with Crippen molar-refractivity contribution >= 4 is 11.9 Å². The monoisotopic (exact) mass is 551 g/mol. The van der Waals surface area contributed by atoms with Crippen molar-refractivity contribution in [3.05, 3.63) is 0 Å². The lowest BCUT2D eigenvalue weighted by atomic mass is 9.93. The fourth-order valence-electron chi connectivity index (χ4n) is 5.70. The molecule has 1 atom stereocenters. The molecule has 0 aromatic carbocycles. The van der Waals surface area contributed by atoms with E-state index in [1.807, 2.05) is 0 Å². The van der Waals surface area contributed by atoms with E-state index in [0.29, 0.717) is 18.8 Å². The zero-order valence-electron chi connectivity index (χ0n) is 27.0. The number of carbonyl (C=O) groups is 2. The number of carbonyl (C=O) groups excluding carboxylic acids is 2. The Morgan fingerprint density at radius 2 is 0.718 bits per heavy atom. The summed E-state index contributed by atoms with van der Waals surface area (Å²) in [5, 5.41) is 0. The van der Waals surface area contributed by atoms with E-state index in [1.54, 1.807) is 0 Å². The molecule has 3 nitrogen and oxygen atoms in total. The number of esters is 2. The smallest absolute Gasteiger partial charge is 0.313 e. The molecular formula is C36H70O3. The second kappa shape index (κ2) is 31.7. The molecule has 0 saturated carbocycles. The number of ether oxygens (including phenoxy) is 1. The van der Waals surface area contributed by atoms with Crippen LogP contribution in [0.25, 0.3) is 0 Å². The lowest BCUT2D eigenvalue weighted by molar-refractivity contribution is -0.159. The van der Waals surface area contributed by atoms with Crippen LogP contribution in [0.15, 0.2) is 0 Å². The van der Waals surface area contributed by atoms with Gasteiger partial charge < -0.3 is 4.74 Å². The molecule has 0 aromatic heterocycles. The van der Waals surface area contributed by atoms with Crippen molar-refractivity contribution in [1.29, 1.82) is 0 Å². The summed E-state index contributed by atoms with van der Waals surface area (Å²) in [7, 11) is 0. The summed E-state index contributed by atoms with van der Waals surface area (Å²) < 4.78 is 5.07. The summed E-state index contributed by atoms with van der Waals surface area (Å²) in [6, 6.07) is 0. The van der Waals surface area contributed by atoms with Crippen molar-refractivity contribution in [3.63, 3.8) is 0 Å². The average molecular weight is 551 g/mol. The molecule has 0 aromatic rings. The van der Waals surface area contributed by atoms with Gasteiger partial charge in [-0.15, -0.1) is 0 Å². The Hall–Kier alpha value is -0.860. The average Bonchev–Trinajstić information content (AvgIpc) is 2.93. The van der Waals surface area contributed by atoms with Gasteiger partial charge in [0.15, 0.2) is 0 Å². The molecule has 0 aliphatic heterocycles. The van der Waals surface area contributed by atoms with Crippen LogP contribution in [0, 0.1) is 5.92 Å². The Bertz CT molecular complexity index is 515. The lowest BCUT2D eigenvalue weighted by Gasteiger charge is -2.14. The third-order valence-electron chi connectivity index (χ3n) is 8.50. The van der Waals surface area contributed by atoms with Crippen molar-refractivity contribution in [2.75, 3.05) is 0 Å². The SMILES string of the molecule is CCCCCCCCCCCCCCCC(=O)OC(=O)CCCC(CC)CCCCCCCCCCCCC. The van der Waals surface area contributed by atoms with Crippen LogP contribution >= 0.6 is 0 Å². The van der Waals surface area contributed by atoms with E-state index in [1.165, 1.54) is 154 Å². The predicted octanol–water partition coefficient (Wildman–Crippen LogP) is 12.4. The van der Waals surface area contributed by atoms with Gasteiger partial charge in [-0.25, -0.2) is 0 Å². The minimum Gasteiger partial charge on any atom is -0.393 e. The molecule has 3 heteroatoms. The Labute approximate surface area is 245 Å². The van der Waals surface area contributed by atoms with Crippen LogP contribution in [0.2, 0.25) is 0 Å². The van der Waals surface area contributed by atoms with Gasteiger partial charge >= 0.3 is 11.9 Å². The Morgan fingerprint density at radius 1 is 0.410 bits per heavy atom. The molecule has 0 N–H and O–H groups in total. The van der Waals surface area contributed by atoms with Crippen LogP contribution < -0.4 is 0 Å². The third-order valence-corrected chi connectivity index (χ3v) is 8.50. The summed E-state index contributed by atoms with van der Waals surface area (Å²) in [5.41, 5.74) is 0. The molecule has 39 heavy (non-hydrogen) atoms. The first-order valence-electron chi connectivity index (χ1n) is 17.9. The Balaban J connectivity index is 3.52. The number of unbranched alkanes of at least 4 members (excludes halogenated alkanes) is 22. The number of rotatable bonds is 31. The zero-order chi connectivity index (χ0) is 28.7. The summed E-state index contributed by atoms with van der Waals surface area (Å²) in [5.74, 6) is 0.0631. The molecule has 0 aliphatic carbocycles. The van der Waals surface area contributed by atoms with Crippen molar-refractivity contribution in [2.24, 2.45) is 5.92 Å². The summed E-state index contributed by atoms with van der Waals surface area (Å²) >= 11 is 0. The van der Waals surface area contributed by atoms with Crippen LogP contribution in [-0.4, -0.2) is 11.9 Å². The fourth-order valence-corrected chi connectivity index (χ4v) is 5.70. The van der Waals surface area contributed by atoms with Crippen molar-refractivity contribution in [1.82, 2.24) is 0 Å². The van der Waals surface area contributed by atoms with Crippen molar-refractivity contribution in [2.45, 2.75) is 213 Å². The van der Waals surface area contributed by atoms with Crippen LogP contribution in [0.5, 0.6) is 0 Å². The van der Waals surface area contributed by atoms with Crippen LogP contribution in [0.4, 0.5) is 0 Å². The highest BCUT2D eigenvalue weighted by molar-refractivity contribution is 5.85. The molecular weight excluding hydrogens is 480 g/mol. The molecule has 232 valence electrons. The molecule has 0 amide bonds. The highest BCUT2D eigenvalue weighted by Crippen LogP contribution is 2.21. The summed E-state index contributed by atoms with van der Waals surface area (Å²) in [4.78, 5) is 24.1. The van der Waals surface area contributed by atoms with Gasteiger partial charge in [0.2, 0.25) is 0 Å². The van der Waals surface area contributed by atoms with Crippen LogP contribution in [0.1, 0.15) is 213 Å². The topological polar surface area (TPSA) is 43.4 Å². The zero-order valence-corrected chi connectivity index (χ0v) is 27.0. The van der Waals surface area contributed by atoms with E-state index in [9.17, 15) is 9.59 Å². The maximum atomic E-state index is 12.1. The molecule has 0 rings (SSSR count). The highest BCUT2D eigenvalue weighted by Gasteiger charge is 2.12. The number of hydrogen-bond donors (Lipinski definition) is 0. The van der Waals surface area contributed by atoms with E-state index in [-0.39, 0.29) is 11.9 Å². The lowest BCUT2D eigenvalue weighted by Crippen LogP contribution is -2.12. The van der Waals surface area contributed by atoms with Gasteiger partial charge in [-0.05, 0) is 25.2 Å². The molecule has 0 aliphatic rings. The van der Waals surface area contributed by atoms with Gasteiger partial charge in [0.25, 0.3) is 0 Å². The largest absolute Gasteiger partial charge is 0.393 e. The second-order valence-corrected chi connectivity index (χ2v) is 12.3. The van der Waals surface area contributed by atoms with Gasteiger partial charge in [0, 0.05) is 12.8 Å². The first-order chi connectivity index (χ1) is 19.1. The van der Waals surface area contributed by atoms with E-state index in [4.69, 9.17) is 4.74 Å². The molecule has 1 unspecified atom stereocenters. The first kappa shape index (κ1) is 38.1. The van der Waals surface area contributed by atoms with Crippen LogP contribution in [0.3, 0.4) is 0 Å². The Kier molecular flexibility index (Phi) is 31.0. The molecule has 0 bridgehead atoms. The minimum atomic E-state index is -0.323. The highest BCUT2D eigenvalue weighted by atomic mass is 16.6. The summed E-state index contributed by atoms with van der Waals surface area (Å²) in [6.07, 6.45) is 37.2. The van der Waals surface area contributed by atoms with E-state index in [0.717, 1.165) is 25.7 Å². The molecule has 0 saturated heterocycles. The molecule has 0 fully saturated rings. The maximum Gasteiger partial charge on any atom is 0.313 e. The second-order valence-electron chi connectivity index (χ2n) is 12.3. The van der Waals surface area contributed by atoms with Gasteiger partial charge in [0.05, 0.1) is 0 Å². The van der Waals surface area contributed by atoms with Gasteiger partial charge in [0.1, 0.15) is 0 Å². The van der Waals surface area contributed by atoms with Crippen molar-refractivity contribution < 1.29 is 14.3 Å². The maximum absolute atomic E-state index is 12.1. The fraction of sp³-hybridized carbons (Fsp3) is 0.944. The van der Waals surface area contributed by atoms with E-state index < -0.39 is 0 Å². The predicted molar refractivity (Wildman–Crippen MR) is 170 cm³/mol.